The maximum Gasteiger partial charge on any atom is 0.259 e. The number of anilines is 1. The molecule has 6 heteroatoms. The molecule has 0 aliphatic heterocycles. The van der Waals surface area contributed by atoms with E-state index in [0.29, 0.717) is 11.4 Å². The van der Waals surface area contributed by atoms with Gasteiger partial charge in [-0.05, 0) is 35.3 Å². The number of hydrogen-bond donors (Lipinski definition) is 1. The van der Waals surface area contributed by atoms with Crippen molar-refractivity contribution in [3.05, 3.63) is 31.6 Å². The summed E-state index contributed by atoms with van der Waals surface area (Å²) in [6.07, 6.45) is 0. The Balaban J connectivity index is 2.22. The largest absolute Gasteiger partial charge is 0.359 e. The third kappa shape index (κ3) is 2.96. The Morgan fingerprint density at radius 2 is 2.05 bits per heavy atom. The van der Waals surface area contributed by atoms with Gasteiger partial charge in [0.1, 0.15) is 5.76 Å². The lowest BCUT2D eigenvalue weighted by Crippen LogP contribution is -2.13. The van der Waals surface area contributed by atoms with Crippen molar-refractivity contribution in [2.24, 2.45) is 0 Å². The molecule has 2 heterocycles. The molecule has 1 amide bonds. The normalized spacial score (nSPS) is 11.7. The fourth-order valence-corrected chi connectivity index (χ4v) is 3.79. The SMILES string of the molecule is Cc1sc(Br)c(C(=O)Nc2cc(C(C)(C)C)on2)c1C. The van der Waals surface area contributed by atoms with Crippen LogP contribution in [0.2, 0.25) is 0 Å². The molecule has 20 heavy (non-hydrogen) atoms. The minimum atomic E-state index is -0.174. The number of nitrogens with one attached hydrogen (secondary N) is 1. The first-order chi connectivity index (χ1) is 9.20. The molecule has 4 nitrogen and oxygen atoms in total. The molecular formula is C14H17BrN2O2S. The van der Waals surface area contributed by atoms with E-state index in [1.165, 1.54) is 0 Å². The lowest BCUT2D eigenvalue weighted by atomic mass is 9.93. The average molecular weight is 357 g/mol. The fraction of sp³-hybridized carbons (Fsp3) is 0.429. The molecule has 108 valence electrons. The monoisotopic (exact) mass is 356 g/mol. The third-order valence-corrected chi connectivity index (χ3v) is 4.94. The van der Waals surface area contributed by atoms with E-state index in [9.17, 15) is 4.79 Å². The number of nitrogens with zero attached hydrogens (tertiary/aromatic N) is 1. The summed E-state index contributed by atoms with van der Waals surface area (Å²) < 4.78 is 6.10. The van der Waals surface area contributed by atoms with Crippen molar-refractivity contribution in [1.82, 2.24) is 5.16 Å². The molecule has 0 radical (unpaired) electrons. The highest BCUT2D eigenvalue weighted by Gasteiger charge is 2.22. The number of halogens is 1. The van der Waals surface area contributed by atoms with E-state index in [-0.39, 0.29) is 11.3 Å². The van der Waals surface area contributed by atoms with Crippen molar-refractivity contribution in [2.75, 3.05) is 5.32 Å². The van der Waals surface area contributed by atoms with Gasteiger partial charge in [-0.3, -0.25) is 4.79 Å². The number of hydrogen-bond acceptors (Lipinski definition) is 4. The minimum Gasteiger partial charge on any atom is -0.359 e. The van der Waals surface area contributed by atoms with Crippen molar-refractivity contribution in [2.45, 2.75) is 40.0 Å². The first-order valence-corrected chi connectivity index (χ1v) is 7.85. The van der Waals surface area contributed by atoms with Crippen molar-refractivity contribution in [1.29, 1.82) is 0 Å². The van der Waals surface area contributed by atoms with Gasteiger partial charge in [0.15, 0.2) is 5.82 Å². The maximum atomic E-state index is 12.3. The molecule has 0 saturated heterocycles. The first-order valence-electron chi connectivity index (χ1n) is 6.24. The van der Waals surface area contributed by atoms with Crippen LogP contribution in [0.5, 0.6) is 0 Å². The Labute approximate surface area is 130 Å². The van der Waals surface area contributed by atoms with Crippen LogP contribution in [0, 0.1) is 13.8 Å². The van der Waals surface area contributed by atoms with E-state index in [2.05, 4.69) is 26.4 Å². The summed E-state index contributed by atoms with van der Waals surface area (Å²) in [5.41, 5.74) is 1.51. The summed E-state index contributed by atoms with van der Waals surface area (Å²) in [5, 5.41) is 6.67. The molecule has 2 aromatic rings. The molecule has 1 N–H and O–H groups in total. The van der Waals surface area contributed by atoms with Crippen LogP contribution < -0.4 is 5.32 Å². The van der Waals surface area contributed by atoms with Gasteiger partial charge in [0, 0.05) is 16.4 Å². The third-order valence-electron chi connectivity index (χ3n) is 3.06. The molecule has 0 atom stereocenters. The highest BCUT2D eigenvalue weighted by molar-refractivity contribution is 9.11. The second kappa shape index (κ2) is 5.33. The predicted molar refractivity (Wildman–Crippen MR) is 84.6 cm³/mol. The molecule has 2 aromatic heterocycles. The van der Waals surface area contributed by atoms with E-state index >= 15 is 0 Å². The highest BCUT2D eigenvalue weighted by Crippen LogP contribution is 2.33. The Morgan fingerprint density at radius 3 is 2.50 bits per heavy atom. The smallest absolute Gasteiger partial charge is 0.259 e. The van der Waals surface area contributed by atoms with E-state index in [4.69, 9.17) is 4.52 Å². The Bertz CT molecular complexity index is 653. The highest BCUT2D eigenvalue weighted by atomic mass is 79.9. The number of aromatic nitrogens is 1. The topological polar surface area (TPSA) is 55.1 Å². The molecule has 0 aromatic carbocycles. The molecular weight excluding hydrogens is 340 g/mol. The van der Waals surface area contributed by atoms with E-state index in [1.54, 1.807) is 17.4 Å². The summed E-state index contributed by atoms with van der Waals surface area (Å²) in [5.74, 6) is 1.01. The molecule has 0 aliphatic rings. The van der Waals surface area contributed by atoms with Gasteiger partial charge < -0.3 is 9.84 Å². The zero-order valence-corrected chi connectivity index (χ0v) is 14.5. The number of thiophene rings is 1. The molecule has 0 aliphatic carbocycles. The van der Waals surface area contributed by atoms with E-state index < -0.39 is 0 Å². The van der Waals surface area contributed by atoms with Crippen LogP contribution in [-0.4, -0.2) is 11.1 Å². The van der Waals surface area contributed by atoms with Crippen LogP contribution >= 0.6 is 27.3 Å². The molecule has 0 fully saturated rings. The van der Waals surface area contributed by atoms with Crippen LogP contribution in [0.25, 0.3) is 0 Å². The molecule has 0 spiro atoms. The van der Waals surface area contributed by atoms with Gasteiger partial charge in [-0.15, -0.1) is 11.3 Å². The van der Waals surface area contributed by atoms with E-state index in [0.717, 1.165) is 20.0 Å². The standard InChI is InChI=1S/C14H17BrN2O2S/c1-7-8(2)20-12(15)11(7)13(18)16-10-6-9(19-17-10)14(3,4)5/h6H,1-5H3,(H,16,17,18). The molecule has 2 rings (SSSR count). The lowest BCUT2D eigenvalue weighted by Gasteiger charge is -2.12. The van der Waals surface area contributed by atoms with Gasteiger partial charge in [-0.1, -0.05) is 25.9 Å². The number of amides is 1. The molecule has 0 bridgehead atoms. The summed E-state index contributed by atoms with van der Waals surface area (Å²) in [4.78, 5) is 13.4. The number of carbonyl (C=O) groups is 1. The minimum absolute atomic E-state index is 0.133. The average Bonchev–Trinajstić information content (AvgIpc) is 2.85. The van der Waals surface area contributed by atoms with Gasteiger partial charge in [-0.25, -0.2) is 0 Å². The van der Waals surface area contributed by atoms with Crippen molar-refractivity contribution >= 4 is 39.0 Å². The van der Waals surface area contributed by atoms with Crippen LogP contribution in [0.4, 0.5) is 5.82 Å². The summed E-state index contributed by atoms with van der Waals surface area (Å²) in [6, 6.07) is 1.76. The van der Waals surface area contributed by atoms with Crippen LogP contribution in [-0.2, 0) is 5.41 Å². The zero-order valence-electron chi connectivity index (χ0n) is 12.1. The van der Waals surface area contributed by atoms with Gasteiger partial charge in [0.05, 0.1) is 9.35 Å². The molecule has 0 saturated carbocycles. The van der Waals surface area contributed by atoms with E-state index in [1.807, 2.05) is 34.6 Å². The Hall–Kier alpha value is -1.14. The van der Waals surface area contributed by atoms with Crippen molar-refractivity contribution in [3.8, 4) is 0 Å². The van der Waals surface area contributed by atoms with Crippen molar-refractivity contribution < 1.29 is 9.32 Å². The number of aryl methyl sites for hydroxylation is 1. The van der Waals surface area contributed by atoms with Crippen LogP contribution in [0.1, 0.15) is 47.3 Å². The number of rotatable bonds is 2. The van der Waals surface area contributed by atoms with Crippen molar-refractivity contribution in [3.63, 3.8) is 0 Å². The number of carbonyl (C=O) groups excluding carboxylic acids is 1. The summed E-state index contributed by atoms with van der Waals surface area (Å²) in [6.45, 7) is 10.0. The summed E-state index contributed by atoms with van der Waals surface area (Å²) >= 11 is 4.99. The maximum absolute atomic E-state index is 12.3. The predicted octanol–water partition coefficient (Wildman–Crippen LogP) is 4.67. The quantitative estimate of drug-likeness (QED) is 0.850. The fourth-order valence-electron chi connectivity index (χ4n) is 1.71. The van der Waals surface area contributed by atoms with Gasteiger partial charge >= 0.3 is 0 Å². The second-order valence-corrected chi connectivity index (χ2v) is 8.26. The zero-order chi connectivity index (χ0) is 15.1. The Morgan fingerprint density at radius 1 is 1.40 bits per heavy atom. The van der Waals surface area contributed by atoms with Crippen LogP contribution in [0.15, 0.2) is 14.4 Å². The first kappa shape index (κ1) is 15.3. The Kier molecular flexibility index (Phi) is 4.07. The second-order valence-electron chi connectivity index (χ2n) is 5.71. The lowest BCUT2D eigenvalue weighted by molar-refractivity contribution is 0.102. The van der Waals surface area contributed by atoms with Gasteiger partial charge in [0.25, 0.3) is 5.91 Å². The van der Waals surface area contributed by atoms with Crippen LogP contribution in [0.3, 0.4) is 0 Å². The summed E-state index contributed by atoms with van der Waals surface area (Å²) in [7, 11) is 0. The molecule has 0 unspecified atom stereocenters. The van der Waals surface area contributed by atoms with Gasteiger partial charge in [0.2, 0.25) is 0 Å². The van der Waals surface area contributed by atoms with Gasteiger partial charge in [-0.2, -0.15) is 0 Å².